The molecule has 3 N–H and O–H groups in total. The summed E-state index contributed by atoms with van der Waals surface area (Å²) in [7, 11) is 3.24. The van der Waals surface area contributed by atoms with Gasteiger partial charge >= 0.3 is 0 Å². The van der Waals surface area contributed by atoms with Gasteiger partial charge in [0, 0.05) is 13.1 Å². The number of amides is 1. The largest absolute Gasteiger partial charge is 0.504 e. The predicted molar refractivity (Wildman–Crippen MR) is 76.9 cm³/mol. The Morgan fingerprint density at radius 1 is 1.50 bits per heavy atom. The molecule has 5 heteroatoms. The third-order valence-corrected chi connectivity index (χ3v) is 4.19. The van der Waals surface area contributed by atoms with Crippen LogP contribution in [0.4, 0.5) is 0 Å². The van der Waals surface area contributed by atoms with Gasteiger partial charge in [-0.05, 0) is 37.4 Å². The number of hydrogen-bond donors (Lipinski definition) is 2. The second kappa shape index (κ2) is 6.13. The maximum atomic E-state index is 12.6. The molecule has 1 aliphatic carbocycles. The Hall–Kier alpha value is -1.75. The summed E-state index contributed by atoms with van der Waals surface area (Å²) >= 11 is 0. The predicted octanol–water partition coefficient (Wildman–Crippen LogP) is 1.60. The first-order chi connectivity index (χ1) is 9.60. The van der Waals surface area contributed by atoms with Crippen LogP contribution in [-0.4, -0.2) is 42.7 Å². The maximum Gasteiger partial charge on any atom is 0.257 e. The molecule has 1 aliphatic rings. The summed E-state index contributed by atoms with van der Waals surface area (Å²) in [4.78, 5) is 14.3. The van der Waals surface area contributed by atoms with Crippen LogP contribution in [-0.2, 0) is 0 Å². The number of hydrogen-bond acceptors (Lipinski definition) is 4. The van der Waals surface area contributed by atoms with Crippen molar-refractivity contribution < 1.29 is 14.6 Å². The van der Waals surface area contributed by atoms with E-state index in [-0.39, 0.29) is 23.3 Å². The lowest BCUT2D eigenvalue weighted by atomic mass is 10.0. The highest BCUT2D eigenvalue weighted by atomic mass is 16.5. The van der Waals surface area contributed by atoms with E-state index in [1.54, 1.807) is 30.1 Å². The second-order valence-electron chi connectivity index (χ2n) is 5.27. The van der Waals surface area contributed by atoms with Crippen LogP contribution in [0.25, 0.3) is 0 Å². The molecule has 0 bridgehead atoms. The summed E-state index contributed by atoms with van der Waals surface area (Å²) in [5.41, 5.74) is 6.04. The molecule has 0 spiro atoms. The van der Waals surface area contributed by atoms with Crippen molar-refractivity contribution in [2.24, 2.45) is 11.7 Å². The molecule has 110 valence electrons. The Balaban J connectivity index is 2.23. The van der Waals surface area contributed by atoms with E-state index in [0.29, 0.717) is 18.2 Å². The average Bonchev–Trinajstić information content (AvgIpc) is 2.94. The fourth-order valence-electron chi connectivity index (χ4n) is 3.00. The van der Waals surface area contributed by atoms with Crippen LogP contribution >= 0.6 is 0 Å². The summed E-state index contributed by atoms with van der Waals surface area (Å²) in [5, 5.41) is 10.1. The quantitative estimate of drug-likeness (QED) is 0.877. The van der Waals surface area contributed by atoms with E-state index in [2.05, 4.69) is 0 Å². The third kappa shape index (κ3) is 2.58. The molecule has 1 saturated carbocycles. The van der Waals surface area contributed by atoms with Gasteiger partial charge in [0.15, 0.2) is 11.5 Å². The first-order valence-corrected chi connectivity index (χ1v) is 6.93. The van der Waals surface area contributed by atoms with Crippen molar-refractivity contribution in [3.05, 3.63) is 23.8 Å². The van der Waals surface area contributed by atoms with Crippen LogP contribution in [0.1, 0.15) is 29.6 Å². The Kier molecular flexibility index (Phi) is 4.49. The Bertz CT molecular complexity index is 490. The number of carbonyl (C=O) groups excluding carboxylic acids is 1. The first kappa shape index (κ1) is 14.7. The highest BCUT2D eigenvalue weighted by Crippen LogP contribution is 2.33. The second-order valence-corrected chi connectivity index (χ2v) is 5.27. The molecule has 1 amide bonds. The molecule has 1 aromatic carbocycles. The maximum absolute atomic E-state index is 12.6. The van der Waals surface area contributed by atoms with E-state index in [4.69, 9.17) is 10.5 Å². The van der Waals surface area contributed by atoms with Crippen LogP contribution in [0.2, 0.25) is 0 Å². The van der Waals surface area contributed by atoms with Gasteiger partial charge in [-0.1, -0.05) is 12.5 Å². The van der Waals surface area contributed by atoms with Crippen molar-refractivity contribution in [3.8, 4) is 11.5 Å². The molecule has 0 radical (unpaired) electrons. The van der Waals surface area contributed by atoms with Crippen molar-refractivity contribution >= 4 is 5.91 Å². The zero-order valence-corrected chi connectivity index (χ0v) is 12.0. The van der Waals surface area contributed by atoms with Gasteiger partial charge in [-0.25, -0.2) is 0 Å². The van der Waals surface area contributed by atoms with Gasteiger partial charge in [0.25, 0.3) is 5.91 Å². The highest BCUT2D eigenvalue weighted by molar-refractivity contribution is 5.97. The van der Waals surface area contributed by atoms with Gasteiger partial charge in [0.05, 0.1) is 12.7 Å². The van der Waals surface area contributed by atoms with Crippen molar-refractivity contribution in [2.45, 2.75) is 25.3 Å². The zero-order valence-electron chi connectivity index (χ0n) is 12.0. The molecular weight excluding hydrogens is 256 g/mol. The lowest BCUT2D eigenvalue weighted by Crippen LogP contribution is -2.41. The van der Waals surface area contributed by atoms with Crippen molar-refractivity contribution in [3.63, 3.8) is 0 Å². The molecule has 0 aliphatic heterocycles. The van der Waals surface area contributed by atoms with Crippen molar-refractivity contribution in [1.29, 1.82) is 0 Å². The summed E-state index contributed by atoms with van der Waals surface area (Å²) in [6.07, 6.45) is 3.12. The van der Waals surface area contributed by atoms with Crippen LogP contribution in [0.5, 0.6) is 11.5 Å². The van der Waals surface area contributed by atoms with Gasteiger partial charge in [0.1, 0.15) is 0 Å². The zero-order chi connectivity index (χ0) is 14.7. The molecular formula is C15H22N2O3. The van der Waals surface area contributed by atoms with Gasteiger partial charge in [-0.15, -0.1) is 0 Å². The lowest BCUT2D eigenvalue weighted by molar-refractivity contribution is 0.0696. The molecule has 5 nitrogen and oxygen atoms in total. The molecule has 1 aromatic rings. The van der Waals surface area contributed by atoms with Crippen molar-refractivity contribution in [2.75, 3.05) is 20.7 Å². The summed E-state index contributed by atoms with van der Waals surface area (Å²) in [6, 6.07) is 5.10. The van der Waals surface area contributed by atoms with Crippen LogP contribution in [0.3, 0.4) is 0 Å². The SMILES string of the molecule is COc1cccc(C(=O)N(C)C2CCCC2CN)c1O. The minimum absolute atomic E-state index is 0.103. The van der Waals surface area contributed by atoms with Gasteiger partial charge in [-0.3, -0.25) is 4.79 Å². The molecule has 2 rings (SSSR count). The molecule has 0 aromatic heterocycles. The molecule has 0 heterocycles. The van der Waals surface area contributed by atoms with E-state index in [9.17, 15) is 9.90 Å². The fourth-order valence-corrected chi connectivity index (χ4v) is 3.00. The summed E-state index contributed by atoms with van der Waals surface area (Å²) in [5.74, 6) is 0.364. The number of nitrogens with zero attached hydrogens (tertiary/aromatic N) is 1. The van der Waals surface area contributed by atoms with Crippen LogP contribution in [0, 0.1) is 5.92 Å². The van der Waals surface area contributed by atoms with Crippen LogP contribution in [0.15, 0.2) is 18.2 Å². The number of aromatic hydroxyl groups is 1. The smallest absolute Gasteiger partial charge is 0.257 e. The van der Waals surface area contributed by atoms with Gasteiger partial charge < -0.3 is 20.5 Å². The number of phenolic OH excluding ortho intramolecular Hbond substituents is 1. The normalized spacial score (nSPS) is 21.8. The third-order valence-electron chi connectivity index (χ3n) is 4.19. The summed E-state index contributed by atoms with van der Waals surface area (Å²) in [6.45, 7) is 0.590. The molecule has 20 heavy (non-hydrogen) atoms. The van der Waals surface area contributed by atoms with Crippen LogP contribution < -0.4 is 10.5 Å². The van der Waals surface area contributed by atoms with E-state index < -0.39 is 0 Å². The Morgan fingerprint density at radius 2 is 2.25 bits per heavy atom. The van der Waals surface area contributed by atoms with E-state index in [0.717, 1.165) is 19.3 Å². The van der Waals surface area contributed by atoms with E-state index in [1.165, 1.54) is 7.11 Å². The minimum Gasteiger partial charge on any atom is -0.504 e. The number of para-hydroxylation sites is 1. The monoisotopic (exact) mass is 278 g/mol. The number of rotatable bonds is 4. The molecule has 1 fully saturated rings. The van der Waals surface area contributed by atoms with E-state index in [1.807, 2.05) is 0 Å². The summed E-state index contributed by atoms with van der Waals surface area (Å²) < 4.78 is 5.04. The van der Waals surface area contributed by atoms with Gasteiger partial charge in [0.2, 0.25) is 0 Å². The number of nitrogens with two attached hydrogens (primary N) is 1. The average molecular weight is 278 g/mol. The number of benzene rings is 1. The number of carbonyl (C=O) groups is 1. The van der Waals surface area contributed by atoms with Gasteiger partial charge in [-0.2, -0.15) is 0 Å². The number of methoxy groups -OCH3 is 1. The Labute approximate surface area is 119 Å². The van der Waals surface area contributed by atoms with E-state index >= 15 is 0 Å². The lowest BCUT2D eigenvalue weighted by Gasteiger charge is -2.29. The highest BCUT2D eigenvalue weighted by Gasteiger charge is 2.33. The Morgan fingerprint density at radius 3 is 2.90 bits per heavy atom. The molecule has 2 unspecified atom stereocenters. The number of phenols is 1. The topological polar surface area (TPSA) is 75.8 Å². The molecule has 2 atom stereocenters. The number of ether oxygens (including phenoxy) is 1. The molecule has 0 saturated heterocycles. The first-order valence-electron chi connectivity index (χ1n) is 6.93. The minimum atomic E-state index is -0.188. The standard InChI is InChI=1S/C15H22N2O3/c1-17(12-7-3-5-10(12)9-16)15(19)11-6-4-8-13(20-2)14(11)18/h4,6,8,10,12,18H,3,5,7,9,16H2,1-2H3. The van der Waals surface area contributed by atoms with Crippen molar-refractivity contribution in [1.82, 2.24) is 4.90 Å². The fraction of sp³-hybridized carbons (Fsp3) is 0.533.